The summed E-state index contributed by atoms with van der Waals surface area (Å²) in [6.07, 6.45) is 0.988. The second-order valence-electron chi connectivity index (χ2n) is 2.99. The quantitative estimate of drug-likeness (QED) is 0.760. The highest BCUT2D eigenvalue weighted by Gasteiger charge is 2.03. The van der Waals surface area contributed by atoms with Crippen molar-refractivity contribution >= 4 is 17.3 Å². The molecule has 0 aliphatic heterocycles. The summed E-state index contributed by atoms with van der Waals surface area (Å²) in [4.78, 5) is 0. The fourth-order valence-electron chi connectivity index (χ4n) is 1.05. The van der Waals surface area contributed by atoms with Crippen molar-refractivity contribution in [2.75, 3.05) is 12.3 Å². The third-order valence-electron chi connectivity index (χ3n) is 1.76. The number of rotatable bonds is 3. The van der Waals surface area contributed by atoms with Crippen LogP contribution in [-0.2, 0) is 0 Å². The summed E-state index contributed by atoms with van der Waals surface area (Å²) in [5.41, 5.74) is 7.25. The molecule has 0 saturated heterocycles. The van der Waals surface area contributed by atoms with Crippen molar-refractivity contribution < 1.29 is 4.74 Å². The summed E-state index contributed by atoms with van der Waals surface area (Å²) >= 11 is 5.86. The molecule has 0 fully saturated rings. The van der Waals surface area contributed by atoms with Crippen molar-refractivity contribution in [3.63, 3.8) is 0 Å². The first-order valence-electron chi connectivity index (χ1n) is 4.33. The molecule has 0 aromatic heterocycles. The zero-order valence-corrected chi connectivity index (χ0v) is 8.69. The number of anilines is 1. The van der Waals surface area contributed by atoms with Crippen LogP contribution in [0.2, 0.25) is 5.02 Å². The van der Waals surface area contributed by atoms with Crippen LogP contribution in [-0.4, -0.2) is 6.61 Å². The summed E-state index contributed by atoms with van der Waals surface area (Å²) in [5.74, 6) is 0.820. The van der Waals surface area contributed by atoms with E-state index in [4.69, 9.17) is 22.1 Å². The molecule has 0 atom stereocenters. The van der Waals surface area contributed by atoms with Gasteiger partial charge in [-0.1, -0.05) is 18.5 Å². The highest BCUT2D eigenvalue weighted by Crippen LogP contribution is 2.28. The lowest BCUT2D eigenvalue weighted by Crippen LogP contribution is -1.98. The van der Waals surface area contributed by atoms with Gasteiger partial charge in [0.05, 0.1) is 17.3 Å². The maximum atomic E-state index is 5.86. The van der Waals surface area contributed by atoms with Crippen LogP contribution in [0.4, 0.5) is 5.69 Å². The van der Waals surface area contributed by atoms with E-state index in [1.165, 1.54) is 0 Å². The predicted octanol–water partition coefficient (Wildman–Crippen LogP) is 3.02. The molecular formula is C10H14ClNO. The fraction of sp³-hybridized carbons (Fsp3) is 0.400. The minimum absolute atomic E-state index is 0.553. The number of nitrogen functional groups attached to an aromatic ring is 1. The highest BCUT2D eigenvalue weighted by molar-refractivity contribution is 6.33. The summed E-state index contributed by atoms with van der Waals surface area (Å²) in [7, 11) is 0. The van der Waals surface area contributed by atoms with Crippen molar-refractivity contribution in [3.8, 4) is 5.75 Å². The number of benzene rings is 1. The number of aryl methyl sites for hydroxylation is 1. The average molecular weight is 200 g/mol. The predicted molar refractivity (Wildman–Crippen MR) is 56.4 cm³/mol. The Balaban J connectivity index is 2.88. The molecule has 1 aromatic carbocycles. The number of halogens is 1. The average Bonchev–Trinajstić information content (AvgIpc) is 2.09. The molecule has 1 aromatic rings. The van der Waals surface area contributed by atoms with Gasteiger partial charge in [-0.3, -0.25) is 0 Å². The largest absolute Gasteiger partial charge is 0.493 e. The first-order valence-corrected chi connectivity index (χ1v) is 4.71. The molecule has 2 nitrogen and oxygen atoms in total. The SMILES string of the molecule is CCCOc1cc(Cl)c(N)cc1C. The molecule has 0 spiro atoms. The van der Waals surface area contributed by atoms with Crippen molar-refractivity contribution in [3.05, 3.63) is 22.7 Å². The Morgan fingerprint density at radius 3 is 2.77 bits per heavy atom. The Hall–Kier alpha value is -0.890. The number of nitrogens with two attached hydrogens (primary N) is 1. The summed E-state index contributed by atoms with van der Waals surface area (Å²) in [6, 6.07) is 3.59. The second-order valence-corrected chi connectivity index (χ2v) is 3.39. The molecule has 0 radical (unpaired) electrons. The zero-order chi connectivity index (χ0) is 9.84. The van der Waals surface area contributed by atoms with Gasteiger partial charge in [0.15, 0.2) is 0 Å². The van der Waals surface area contributed by atoms with Gasteiger partial charge in [0, 0.05) is 6.07 Å². The minimum Gasteiger partial charge on any atom is -0.493 e. The molecule has 1 rings (SSSR count). The summed E-state index contributed by atoms with van der Waals surface area (Å²) in [6.45, 7) is 4.73. The van der Waals surface area contributed by atoms with E-state index in [-0.39, 0.29) is 0 Å². The van der Waals surface area contributed by atoms with Crippen LogP contribution in [0.25, 0.3) is 0 Å². The number of ether oxygens (including phenoxy) is 1. The topological polar surface area (TPSA) is 35.2 Å². The van der Waals surface area contributed by atoms with Crippen LogP contribution in [0.3, 0.4) is 0 Å². The Morgan fingerprint density at radius 2 is 2.15 bits per heavy atom. The van der Waals surface area contributed by atoms with Gasteiger partial charge in [-0.15, -0.1) is 0 Å². The third-order valence-corrected chi connectivity index (χ3v) is 2.08. The molecule has 13 heavy (non-hydrogen) atoms. The highest BCUT2D eigenvalue weighted by atomic mass is 35.5. The molecule has 3 heteroatoms. The van der Waals surface area contributed by atoms with Gasteiger partial charge in [-0.25, -0.2) is 0 Å². The summed E-state index contributed by atoms with van der Waals surface area (Å²) < 4.78 is 5.48. The van der Waals surface area contributed by atoms with E-state index in [0.29, 0.717) is 17.3 Å². The van der Waals surface area contributed by atoms with Crippen LogP contribution in [0.1, 0.15) is 18.9 Å². The second kappa shape index (κ2) is 4.38. The lowest BCUT2D eigenvalue weighted by atomic mass is 10.2. The molecule has 0 amide bonds. The summed E-state index contributed by atoms with van der Waals surface area (Å²) in [5, 5.41) is 0.553. The van der Waals surface area contributed by atoms with Gasteiger partial charge in [-0.05, 0) is 25.0 Å². The van der Waals surface area contributed by atoms with Crippen LogP contribution >= 0.6 is 11.6 Å². The van der Waals surface area contributed by atoms with E-state index in [1.54, 1.807) is 6.07 Å². The van der Waals surface area contributed by atoms with Gasteiger partial charge >= 0.3 is 0 Å². The monoisotopic (exact) mass is 199 g/mol. The maximum Gasteiger partial charge on any atom is 0.123 e. The van der Waals surface area contributed by atoms with Crippen molar-refractivity contribution in [2.24, 2.45) is 0 Å². The van der Waals surface area contributed by atoms with Gasteiger partial charge in [0.1, 0.15) is 5.75 Å². The van der Waals surface area contributed by atoms with Crippen molar-refractivity contribution in [1.82, 2.24) is 0 Å². The van der Waals surface area contributed by atoms with Gasteiger partial charge in [0.2, 0.25) is 0 Å². The van der Waals surface area contributed by atoms with Crippen LogP contribution in [0.5, 0.6) is 5.75 Å². The lowest BCUT2D eigenvalue weighted by molar-refractivity contribution is 0.315. The van der Waals surface area contributed by atoms with Gasteiger partial charge in [-0.2, -0.15) is 0 Å². The van der Waals surface area contributed by atoms with Gasteiger partial charge in [0.25, 0.3) is 0 Å². The molecule has 0 unspecified atom stereocenters. The molecular weight excluding hydrogens is 186 g/mol. The van der Waals surface area contributed by atoms with E-state index in [9.17, 15) is 0 Å². The first kappa shape index (κ1) is 10.2. The van der Waals surface area contributed by atoms with E-state index >= 15 is 0 Å². The Kier molecular flexibility index (Phi) is 3.43. The minimum atomic E-state index is 0.553. The molecule has 2 N–H and O–H groups in total. The van der Waals surface area contributed by atoms with Crippen LogP contribution in [0, 0.1) is 6.92 Å². The lowest BCUT2D eigenvalue weighted by Gasteiger charge is -2.09. The number of hydrogen-bond donors (Lipinski definition) is 1. The van der Waals surface area contributed by atoms with E-state index in [0.717, 1.165) is 17.7 Å². The fourth-order valence-corrected chi connectivity index (χ4v) is 1.21. The number of hydrogen-bond acceptors (Lipinski definition) is 2. The Labute approximate surface area is 83.6 Å². The molecule has 0 saturated carbocycles. The third kappa shape index (κ3) is 2.52. The van der Waals surface area contributed by atoms with Crippen LogP contribution in [0.15, 0.2) is 12.1 Å². The van der Waals surface area contributed by atoms with Gasteiger partial charge < -0.3 is 10.5 Å². The zero-order valence-electron chi connectivity index (χ0n) is 7.93. The smallest absolute Gasteiger partial charge is 0.123 e. The standard InChI is InChI=1S/C10H14ClNO/c1-3-4-13-10-6-8(11)9(12)5-7(10)2/h5-6H,3-4,12H2,1-2H3. The molecule has 72 valence electrons. The van der Waals surface area contributed by atoms with Crippen LogP contribution < -0.4 is 10.5 Å². The van der Waals surface area contributed by atoms with E-state index < -0.39 is 0 Å². The Bertz CT molecular complexity index is 299. The first-order chi connectivity index (χ1) is 6.15. The molecule has 0 aliphatic carbocycles. The molecule has 0 aliphatic rings. The maximum absolute atomic E-state index is 5.86. The van der Waals surface area contributed by atoms with Crippen molar-refractivity contribution in [2.45, 2.75) is 20.3 Å². The Morgan fingerprint density at radius 1 is 1.46 bits per heavy atom. The molecule has 0 heterocycles. The van der Waals surface area contributed by atoms with E-state index in [2.05, 4.69) is 6.92 Å². The van der Waals surface area contributed by atoms with Crippen molar-refractivity contribution in [1.29, 1.82) is 0 Å². The molecule has 0 bridgehead atoms. The van der Waals surface area contributed by atoms with E-state index in [1.807, 2.05) is 13.0 Å². The normalized spacial score (nSPS) is 10.1.